The van der Waals surface area contributed by atoms with Crippen molar-refractivity contribution in [2.45, 2.75) is 30.4 Å². The maximum absolute atomic E-state index is 13.2. The van der Waals surface area contributed by atoms with Crippen LogP contribution in [0, 0.1) is 0 Å². The first-order valence-corrected chi connectivity index (χ1v) is 11.4. The molecule has 29 heavy (non-hydrogen) atoms. The molecule has 1 fully saturated rings. The number of amides is 1. The molecule has 0 unspecified atom stereocenters. The molecule has 1 N–H and O–H groups in total. The fourth-order valence-corrected chi connectivity index (χ4v) is 4.74. The second kappa shape index (κ2) is 9.91. The van der Waals surface area contributed by atoms with Gasteiger partial charge in [-0.05, 0) is 48.7 Å². The Kier molecular flexibility index (Phi) is 7.54. The first kappa shape index (κ1) is 22.1. The van der Waals surface area contributed by atoms with E-state index < -0.39 is 15.9 Å². The Morgan fingerprint density at radius 3 is 2.52 bits per heavy atom. The number of carbonyl (C=O) groups excluding carboxylic acids is 1. The SMILES string of the molecule is O=C(CN(Cc1ccccc1Cl)S(=O)(=O)c1ccc(Cl)cc1)NC[C@@H]1CCCO1. The van der Waals surface area contributed by atoms with Gasteiger partial charge in [0.25, 0.3) is 0 Å². The first-order chi connectivity index (χ1) is 13.9. The fraction of sp³-hybridized carbons (Fsp3) is 0.350. The van der Waals surface area contributed by atoms with Crippen LogP contribution < -0.4 is 5.32 Å². The molecule has 1 heterocycles. The van der Waals surface area contributed by atoms with Crippen molar-refractivity contribution in [1.82, 2.24) is 9.62 Å². The van der Waals surface area contributed by atoms with Crippen LogP contribution in [0.2, 0.25) is 10.0 Å². The van der Waals surface area contributed by atoms with E-state index in [0.29, 0.717) is 28.8 Å². The Balaban J connectivity index is 1.79. The minimum Gasteiger partial charge on any atom is -0.376 e. The van der Waals surface area contributed by atoms with Crippen molar-refractivity contribution in [3.63, 3.8) is 0 Å². The van der Waals surface area contributed by atoms with Gasteiger partial charge in [-0.2, -0.15) is 4.31 Å². The number of nitrogens with one attached hydrogen (secondary N) is 1. The molecule has 6 nitrogen and oxygen atoms in total. The summed E-state index contributed by atoms with van der Waals surface area (Å²) in [4.78, 5) is 12.5. The molecule has 1 amide bonds. The predicted octanol–water partition coefficient (Wildman–Crippen LogP) is 3.48. The molecule has 0 saturated carbocycles. The summed E-state index contributed by atoms with van der Waals surface area (Å²) in [6.07, 6.45) is 1.82. The van der Waals surface area contributed by atoms with Crippen LogP contribution in [0.4, 0.5) is 0 Å². The van der Waals surface area contributed by atoms with Crippen LogP contribution in [0.1, 0.15) is 18.4 Å². The standard InChI is InChI=1S/C20H22Cl2N2O4S/c21-16-7-9-18(10-8-16)29(26,27)24(13-15-4-1-2-6-19(15)22)14-20(25)23-12-17-5-3-11-28-17/h1-2,4,6-10,17H,3,5,11-14H2,(H,23,25)/t17-/m0/s1. The number of nitrogens with zero attached hydrogens (tertiary/aromatic N) is 1. The second-order valence-corrected chi connectivity index (χ2v) is 9.54. The van der Waals surface area contributed by atoms with E-state index in [1.54, 1.807) is 24.3 Å². The van der Waals surface area contributed by atoms with Crippen LogP contribution >= 0.6 is 23.2 Å². The summed E-state index contributed by atoms with van der Waals surface area (Å²) in [5.74, 6) is -0.398. The van der Waals surface area contributed by atoms with Gasteiger partial charge in [0.2, 0.25) is 15.9 Å². The molecule has 0 bridgehead atoms. The average Bonchev–Trinajstić information content (AvgIpc) is 3.21. The molecule has 0 aromatic heterocycles. The summed E-state index contributed by atoms with van der Waals surface area (Å²) in [5, 5.41) is 3.62. The normalized spacial score (nSPS) is 16.9. The van der Waals surface area contributed by atoms with Gasteiger partial charge in [-0.3, -0.25) is 4.79 Å². The lowest BCUT2D eigenvalue weighted by molar-refractivity contribution is -0.121. The van der Waals surface area contributed by atoms with E-state index in [9.17, 15) is 13.2 Å². The zero-order valence-corrected chi connectivity index (χ0v) is 18.0. The number of benzene rings is 2. The van der Waals surface area contributed by atoms with Crippen molar-refractivity contribution in [3.05, 3.63) is 64.1 Å². The van der Waals surface area contributed by atoms with Gasteiger partial charge < -0.3 is 10.1 Å². The van der Waals surface area contributed by atoms with Crippen LogP contribution in [0.15, 0.2) is 53.4 Å². The van der Waals surface area contributed by atoms with Gasteiger partial charge in [0.15, 0.2) is 0 Å². The molecule has 0 radical (unpaired) electrons. The van der Waals surface area contributed by atoms with E-state index in [-0.39, 0.29) is 24.1 Å². The Labute approximate surface area is 180 Å². The lowest BCUT2D eigenvalue weighted by Gasteiger charge is -2.23. The molecular formula is C20H22Cl2N2O4S. The van der Waals surface area contributed by atoms with Crippen LogP contribution in [0.25, 0.3) is 0 Å². The van der Waals surface area contributed by atoms with Gasteiger partial charge in [-0.25, -0.2) is 8.42 Å². The summed E-state index contributed by atoms with van der Waals surface area (Å²) in [6, 6.07) is 12.8. The molecule has 1 aliphatic rings. The molecule has 1 aliphatic heterocycles. The van der Waals surface area contributed by atoms with E-state index in [4.69, 9.17) is 27.9 Å². The number of rotatable bonds is 8. The van der Waals surface area contributed by atoms with Crippen molar-refractivity contribution >= 4 is 39.1 Å². The number of ether oxygens (including phenoxy) is 1. The van der Waals surface area contributed by atoms with Crippen molar-refractivity contribution in [3.8, 4) is 0 Å². The highest BCUT2D eigenvalue weighted by molar-refractivity contribution is 7.89. The van der Waals surface area contributed by atoms with Crippen molar-refractivity contribution < 1.29 is 17.9 Å². The van der Waals surface area contributed by atoms with E-state index in [1.807, 2.05) is 0 Å². The predicted molar refractivity (Wildman–Crippen MR) is 112 cm³/mol. The van der Waals surface area contributed by atoms with Gasteiger partial charge in [0, 0.05) is 29.7 Å². The van der Waals surface area contributed by atoms with Gasteiger partial charge in [-0.1, -0.05) is 41.4 Å². The first-order valence-electron chi connectivity index (χ1n) is 9.23. The topological polar surface area (TPSA) is 75.7 Å². The number of halogens is 2. The molecule has 2 aromatic carbocycles. The number of carbonyl (C=O) groups is 1. The molecule has 1 atom stereocenters. The van der Waals surface area contributed by atoms with Crippen LogP contribution in [-0.4, -0.2) is 44.4 Å². The number of sulfonamides is 1. The van der Waals surface area contributed by atoms with Crippen molar-refractivity contribution in [2.75, 3.05) is 19.7 Å². The number of hydrogen-bond acceptors (Lipinski definition) is 4. The van der Waals surface area contributed by atoms with Gasteiger partial charge >= 0.3 is 0 Å². The highest BCUT2D eigenvalue weighted by Gasteiger charge is 2.28. The van der Waals surface area contributed by atoms with Crippen LogP contribution in [0.5, 0.6) is 0 Å². The molecule has 0 aliphatic carbocycles. The molecule has 1 saturated heterocycles. The van der Waals surface area contributed by atoms with E-state index in [1.165, 1.54) is 24.3 Å². The third kappa shape index (κ3) is 5.93. The van der Waals surface area contributed by atoms with Gasteiger partial charge in [0.05, 0.1) is 17.5 Å². The maximum atomic E-state index is 13.2. The Morgan fingerprint density at radius 2 is 1.86 bits per heavy atom. The smallest absolute Gasteiger partial charge is 0.243 e. The summed E-state index contributed by atoms with van der Waals surface area (Å²) in [6.45, 7) is 0.685. The van der Waals surface area contributed by atoms with Gasteiger partial charge in [-0.15, -0.1) is 0 Å². The van der Waals surface area contributed by atoms with E-state index in [0.717, 1.165) is 17.1 Å². The van der Waals surface area contributed by atoms with Crippen LogP contribution in [0.3, 0.4) is 0 Å². The summed E-state index contributed by atoms with van der Waals surface area (Å²) < 4.78 is 33.0. The molecule has 3 rings (SSSR count). The highest BCUT2D eigenvalue weighted by Crippen LogP contribution is 2.23. The summed E-state index contributed by atoms with van der Waals surface area (Å²) >= 11 is 12.1. The van der Waals surface area contributed by atoms with Crippen molar-refractivity contribution in [1.29, 1.82) is 0 Å². The largest absolute Gasteiger partial charge is 0.376 e. The zero-order valence-electron chi connectivity index (χ0n) is 15.7. The maximum Gasteiger partial charge on any atom is 0.243 e. The Bertz CT molecular complexity index is 945. The zero-order chi connectivity index (χ0) is 20.9. The minimum absolute atomic E-state index is 0.0242. The van der Waals surface area contributed by atoms with E-state index in [2.05, 4.69) is 5.32 Å². The second-order valence-electron chi connectivity index (χ2n) is 6.76. The number of hydrogen-bond donors (Lipinski definition) is 1. The molecule has 9 heteroatoms. The highest BCUT2D eigenvalue weighted by atomic mass is 35.5. The van der Waals surface area contributed by atoms with E-state index >= 15 is 0 Å². The lowest BCUT2D eigenvalue weighted by Crippen LogP contribution is -2.42. The van der Waals surface area contributed by atoms with Crippen LogP contribution in [-0.2, 0) is 26.1 Å². The van der Waals surface area contributed by atoms with Gasteiger partial charge in [0.1, 0.15) is 0 Å². The molecule has 156 valence electrons. The fourth-order valence-electron chi connectivity index (χ4n) is 3.05. The summed E-state index contributed by atoms with van der Waals surface area (Å²) in [5.41, 5.74) is 0.610. The minimum atomic E-state index is -3.94. The van der Waals surface area contributed by atoms with Crippen molar-refractivity contribution in [2.24, 2.45) is 0 Å². The summed E-state index contributed by atoms with van der Waals surface area (Å²) in [7, 11) is -3.94. The molecule has 0 spiro atoms. The third-order valence-electron chi connectivity index (χ3n) is 4.63. The molecular weight excluding hydrogens is 435 g/mol. The Morgan fingerprint density at radius 1 is 1.14 bits per heavy atom. The Hall–Kier alpha value is -1.64. The molecule has 2 aromatic rings. The third-order valence-corrected chi connectivity index (χ3v) is 7.05. The average molecular weight is 457 g/mol. The monoisotopic (exact) mass is 456 g/mol. The lowest BCUT2D eigenvalue weighted by atomic mass is 10.2. The quantitative estimate of drug-likeness (QED) is 0.659.